The third kappa shape index (κ3) is 6.33. The summed E-state index contributed by atoms with van der Waals surface area (Å²) in [5.74, 6) is 0.410. The van der Waals surface area contributed by atoms with Crippen molar-refractivity contribution in [1.29, 1.82) is 0 Å². The molecule has 4 fully saturated rings. The SMILES string of the molecule is C=C(CCC(C)(O)C1CCC2(C)C1C(OC1OC(CO)C(O)C1O)CC1C(C)(CCC(=O)OC)C(C(=C)C)CCC12C)C(C)C. The topological polar surface area (TPSA) is 126 Å². The monoisotopic (exact) mass is 634 g/mol. The largest absolute Gasteiger partial charge is 0.469 e. The second kappa shape index (κ2) is 13.3. The van der Waals surface area contributed by atoms with Crippen LogP contribution in [0.5, 0.6) is 0 Å². The molecule has 8 nitrogen and oxygen atoms in total. The van der Waals surface area contributed by atoms with Crippen LogP contribution in [0.25, 0.3) is 0 Å². The van der Waals surface area contributed by atoms with Crippen molar-refractivity contribution in [1.82, 2.24) is 0 Å². The molecule has 4 aliphatic rings. The van der Waals surface area contributed by atoms with Crippen LogP contribution in [0.3, 0.4) is 0 Å². The van der Waals surface area contributed by atoms with E-state index in [-0.39, 0.29) is 52.0 Å². The van der Waals surface area contributed by atoms with Gasteiger partial charge >= 0.3 is 5.97 Å². The van der Waals surface area contributed by atoms with Crippen LogP contribution >= 0.6 is 0 Å². The Labute approximate surface area is 271 Å². The minimum Gasteiger partial charge on any atom is -0.469 e. The van der Waals surface area contributed by atoms with E-state index in [4.69, 9.17) is 14.2 Å². The molecule has 0 aromatic carbocycles. The van der Waals surface area contributed by atoms with Crippen molar-refractivity contribution in [3.8, 4) is 0 Å². The number of methoxy groups -OCH3 is 1. The average Bonchev–Trinajstić information content (AvgIpc) is 3.49. The highest BCUT2D eigenvalue weighted by molar-refractivity contribution is 5.69. The van der Waals surface area contributed by atoms with E-state index in [0.717, 1.165) is 43.3 Å². The lowest BCUT2D eigenvalue weighted by Gasteiger charge is -2.68. The zero-order chi connectivity index (χ0) is 33.7. The van der Waals surface area contributed by atoms with Crippen molar-refractivity contribution < 1.29 is 39.4 Å². The molecule has 0 spiro atoms. The maximum Gasteiger partial charge on any atom is 0.305 e. The van der Waals surface area contributed by atoms with Gasteiger partial charge in [0.2, 0.25) is 0 Å². The summed E-state index contributed by atoms with van der Waals surface area (Å²) >= 11 is 0. The molecule has 4 rings (SSSR count). The van der Waals surface area contributed by atoms with Crippen molar-refractivity contribution in [2.24, 2.45) is 45.8 Å². The quantitative estimate of drug-likeness (QED) is 0.163. The van der Waals surface area contributed by atoms with Crippen molar-refractivity contribution >= 4 is 5.97 Å². The predicted molar refractivity (Wildman–Crippen MR) is 174 cm³/mol. The van der Waals surface area contributed by atoms with Crippen LogP contribution in [0.15, 0.2) is 24.3 Å². The molecule has 0 aromatic heterocycles. The molecule has 1 aliphatic heterocycles. The standard InChI is InChI=1S/C37H62O8/c1-21(2)23(5)11-18-37(9,42)25-13-17-36(8)30(25)26(44-33-32(41)31(40)27(20-38)45-33)19-28-34(6,15-14-29(39)43-10)24(22(3)4)12-16-35(28,36)7/h21,24-28,30-33,38,40-42H,3,5,11-20H2,1-2,4,6-10H3. The van der Waals surface area contributed by atoms with E-state index in [0.29, 0.717) is 31.6 Å². The minimum absolute atomic E-state index is 0.0339. The molecule has 258 valence electrons. The summed E-state index contributed by atoms with van der Waals surface area (Å²) in [6.45, 7) is 23.7. The first kappa shape index (κ1) is 36.5. The van der Waals surface area contributed by atoms with Crippen LogP contribution in [0.4, 0.5) is 0 Å². The molecule has 13 unspecified atom stereocenters. The van der Waals surface area contributed by atoms with Gasteiger partial charge in [-0.25, -0.2) is 0 Å². The Kier molecular flexibility index (Phi) is 10.8. The average molecular weight is 635 g/mol. The van der Waals surface area contributed by atoms with Gasteiger partial charge in [0, 0.05) is 6.42 Å². The molecule has 0 radical (unpaired) electrons. The summed E-state index contributed by atoms with van der Waals surface area (Å²) in [5, 5.41) is 43.5. The Balaban J connectivity index is 1.78. The second-order valence-electron chi connectivity index (χ2n) is 16.4. The number of ether oxygens (including phenoxy) is 3. The molecular weight excluding hydrogens is 572 g/mol. The van der Waals surface area contributed by atoms with Crippen molar-refractivity contribution in [3.05, 3.63) is 24.3 Å². The maximum absolute atomic E-state index is 12.5. The smallest absolute Gasteiger partial charge is 0.305 e. The minimum atomic E-state index is -1.29. The lowest BCUT2D eigenvalue weighted by Crippen LogP contribution is -2.64. The van der Waals surface area contributed by atoms with Gasteiger partial charge in [0.15, 0.2) is 6.29 Å². The van der Waals surface area contributed by atoms with Crippen LogP contribution in [-0.2, 0) is 19.0 Å². The van der Waals surface area contributed by atoms with E-state index in [1.165, 1.54) is 7.11 Å². The van der Waals surface area contributed by atoms with Crippen LogP contribution in [0.2, 0.25) is 0 Å². The summed E-state index contributed by atoms with van der Waals surface area (Å²) in [4.78, 5) is 12.5. The number of carbonyl (C=O) groups excluding carboxylic acids is 1. The number of aliphatic hydroxyl groups excluding tert-OH is 3. The third-order valence-electron chi connectivity index (χ3n) is 13.7. The molecule has 13 atom stereocenters. The Hall–Kier alpha value is -1.29. The highest BCUT2D eigenvalue weighted by Crippen LogP contribution is 2.74. The molecule has 3 aliphatic carbocycles. The van der Waals surface area contributed by atoms with E-state index in [9.17, 15) is 25.2 Å². The summed E-state index contributed by atoms with van der Waals surface area (Å²) < 4.78 is 17.8. The van der Waals surface area contributed by atoms with Crippen LogP contribution in [0.1, 0.15) is 106 Å². The van der Waals surface area contributed by atoms with Gasteiger partial charge in [-0.2, -0.15) is 0 Å². The van der Waals surface area contributed by atoms with Gasteiger partial charge in [0.05, 0.1) is 25.4 Å². The van der Waals surface area contributed by atoms with Crippen molar-refractivity contribution in [2.45, 2.75) is 143 Å². The highest BCUT2D eigenvalue weighted by atomic mass is 16.7. The number of allylic oxidation sites excluding steroid dienone is 2. The molecule has 0 aromatic rings. The molecule has 0 amide bonds. The molecule has 8 heteroatoms. The van der Waals surface area contributed by atoms with Crippen molar-refractivity contribution in [2.75, 3.05) is 13.7 Å². The lowest BCUT2D eigenvalue weighted by molar-refractivity contribution is -0.270. The first-order valence-corrected chi connectivity index (χ1v) is 17.3. The van der Waals surface area contributed by atoms with Crippen LogP contribution < -0.4 is 0 Å². The van der Waals surface area contributed by atoms with Crippen molar-refractivity contribution in [3.63, 3.8) is 0 Å². The lowest BCUT2D eigenvalue weighted by atomic mass is 9.37. The summed E-state index contributed by atoms with van der Waals surface area (Å²) in [6, 6.07) is 0. The van der Waals surface area contributed by atoms with Gasteiger partial charge < -0.3 is 34.6 Å². The van der Waals surface area contributed by atoms with Gasteiger partial charge in [-0.15, -0.1) is 0 Å². The summed E-state index contributed by atoms with van der Waals surface area (Å²) in [7, 11) is 1.43. The van der Waals surface area contributed by atoms with E-state index in [1.807, 2.05) is 6.92 Å². The number of rotatable bonds is 12. The number of aliphatic hydroxyl groups is 4. The van der Waals surface area contributed by atoms with Crippen LogP contribution in [-0.4, -0.2) is 76.4 Å². The number of hydrogen-bond acceptors (Lipinski definition) is 8. The number of fused-ring (bicyclic) bond motifs is 3. The summed E-state index contributed by atoms with van der Waals surface area (Å²) in [6.07, 6.45) is 1.82. The van der Waals surface area contributed by atoms with E-state index in [1.54, 1.807) is 0 Å². The fourth-order valence-electron chi connectivity index (χ4n) is 10.6. The Bertz CT molecular complexity index is 1100. The van der Waals surface area contributed by atoms with Crippen LogP contribution in [0, 0.1) is 45.8 Å². The first-order chi connectivity index (χ1) is 20.9. The van der Waals surface area contributed by atoms with Gasteiger partial charge in [-0.1, -0.05) is 58.9 Å². The number of esters is 1. The zero-order valence-corrected chi connectivity index (χ0v) is 29.2. The predicted octanol–water partition coefficient (Wildman–Crippen LogP) is 5.56. The molecule has 4 N–H and O–H groups in total. The van der Waals surface area contributed by atoms with Gasteiger partial charge in [0.1, 0.15) is 18.3 Å². The normalized spacial score (nSPS) is 44.2. The molecule has 1 heterocycles. The maximum atomic E-state index is 12.5. The molecule has 1 saturated heterocycles. The zero-order valence-electron chi connectivity index (χ0n) is 29.2. The number of hydrogen-bond donors (Lipinski definition) is 4. The molecule has 45 heavy (non-hydrogen) atoms. The second-order valence-corrected chi connectivity index (χ2v) is 16.4. The molecular formula is C37H62O8. The van der Waals surface area contributed by atoms with E-state index < -0.39 is 36.8 Å². The Morgan fingerprint density at radius 1 is 1.07 bits per heavy atom. The highest BCUT2D eigenvalue weighted by Gasteiger charge is 2.70. The third-order valence-corrected chi connectivity index (χ3v) is 13.7. The Morgan fingerprint density at radius 3 is 2.27 bits per heavy atom. The summed E-state index contributed by atoms with van der Waals surface area (Å²) in [5.41, 5.74) is 0.704. The number of carbonyl (C=O) groups is 1. The van der Waals surface area contributed by atoms with Gasteiger partial charge in [-0.05, 0) is 111 Å². The van der Waals surface area contributed by atoms with E-state index >= 15 is 0 Å². The van der Waals surface area contributed by atoms with Gasteiger partial charge in [-0.3, -0.25) is 4.79 Å². The van der Waals surface area contributed by atoms with Gasteiger partial charge in [0.25, 0.3) is 0 Å². The fourth-order valence-corrected chi connectivity index (χ4v) is 10.6. The fraction of sp³-hybridized carbons (Fsp3) is 0.865. The van der Waals surface area contributed by atoms with E-state index in [2.05, 4.69) is 54.7 Å². The molecule has 0 bridgehead atoms. The Morgan fingerprint density at radius 2 is 1.71 bits per heavy atom. The first-order valence-electron chi connectivity index (χ1n) is 17.3. The molecule has 3 saturated carbocycles.